The Morgan fingerprint density at radius 3 is 3.00 bits per heavy atom. The van der Waals surface area contributed by atoms with E-state index in [9.17, 15) is 4.79 Å². The first-order chi connectivity index (χ1) is 12.3. The van der Waals surface area contributed by atoms with E-state index < -0.39 is 0 Å². The van der Waals surface area contributed by atoms with Gasteiger partial charge >= 0.3 is 0 Å². The lowest BCUT2D eigenvalue weighted by Crippen LogP contribution is -2.34. The van der Waals surface area contributed by atoms with Crippen LogP contribution in [-0.4, -0.2) is 59.6 Å². The summed E-state index contributed by atoms with van der Waals surface area (Å²) in [6.07, 6.45) is 2.28. The Hall–Kier alpha value is -1.76. The summed E-state index contributed by atoms with van der Waals surface area (Å²) in [5.41, 5.74) is 0.833. The number of ether oxygens (including phenoxy) is 1. The van der Waals surface area contributed by atoms with Gasteiger partial charge in [0.25, 0.3) is 0 Å². The Morgan fingerprint density at radius 2 is 2.20 bits per heavy atom. The number of thiophene rings is 1. The number of likely N-dealkylation sites (tertiary alicyclic amines) is 1. The fourth-order valence-electron chi connectivity index (χ4n) is 3.70. The normalized spacial score (nSPS) is 24.1. The van der Waals surface area contributed by atoms with Crippen molar-refractivity contribution < 1.29 is 9.53 Å². The molecular formula is C19H23N3O2S. The summed E-state index contributed by atoms with van der Waals surface area (Å²) in [4.78, 5) is 22.7. The third-order valence-corrected chi connectivity index (χ3v) is 5.85. The molecule has 2 aromatic heterocycles. The number of rotatable bonds is 4. The number of carbonyl (C=O) groups is 1. The van der Waals surface area contributed by atoms with Crippen molar-refractivity contribution in [2.45, 2.75) is 19.1 Å². The predicted octanol–water partition coefficient (Wildman–Crippen LogP) is 2.04. The maximum absolute atomic E-state index is 12.6. The average molecular weight is 357 g/mol. The number of hydrogen-bond donors (Lipinski definition) is 0. The highest BCUT2D eigenvalue weighted by molar-refractivity contribution is 7.09. The second-order valence-corrected chi connectivity index (χ2v) is 7.81. The molecule has 0 aliphatic carbocycles. The topological polar surface area (TPSA) is 45.7 Å². The van der Waals surface area contributed by atoms with Gasteiger partial charge in [0.2, 0.25) is 5.91 Å². The molecule has 25 heavy (non-hydrogen) atoms. The third kappa shape index (κ3) is 4.08. The maximum Gasteiger partial charge on any atom is 0.228 e. The molecule has 5 nitrogen and oxygen atoms in total. The Labute approximate surface area is 152 Å². The highest BCUT2D eigenvalue weighted by Gasteiger charge is 2.38. The quantitative estimate of drug-likeness (QED) is 0.840. The summed E-state index contributed by atoms with van der Waals surface area (Å²) >= 11 is 1.80. The van der Waals surface area contributed by atoms with Gasteiger partial charge in [-0.05, 0) is 23.6 Å². The number of fused-ring (bicyclic) bond motifs is 1. The standard InChI is InChI=1S/C19H23N3O2S/c23-19(10-16-4-1-2-6-20-16)22-12-15-11-21(7-8-24-18(15)14-22)13-17-5-3-9-25-17/h1-6,9,15,18H,7-8,10-14H2/t15-,18+/m1/s1. The number of pyridine rings is 1. The fraction of sp³-hybridized carbons (Fsp3) is 0.474. The first kappa shape index (κ1) is 16.7. The summed E-state index contributed by atoms with van der Waals surface area (Å²) in [6, 6.07) is 9.99. The Balaban J connectivity index is 1.36. The van der Waals surface area contributed by atoms with E-state index in [0.717, 1.165) is 38.5 Å². The van der Waals surface area contributed by atoms with E-state index in [1.165, 1.54) is 4.88 Å². The van der Waals surface area contributed by atoms with Crippen molar-refractivity contribution in [1.82, 2.24) is 14.8 Å². The molecule has 2 saturated heterocycles. The van der Waals surface area contributed by atoms with Gasteiger partial charge < -0.3 is 9.64 Å². The molecule has 2 aliphatic heterocycles. The molecule has 2 fully saturated rings. The number of amides is 1. The first-order valence-electron chi connectivity index (χ1n) is 8.82. The molecular weight excluding hydrogens is 334 g/mol. The number of aromatic nitrogens is 1. The smallest absolute Gasteiger partial charge is 0.228 e. The lowest BCUT2D eigenvalue weighted by molar-refractivity contribution is -0.130. The Bertz CT molecular complexity index is 692. The minimum Gasteiger partial charge on any atom is -0.375 e. The van der Waals surface area contributed by atoms with Crippen LogP contribution in [0.25, 0.3) is 0 Å². The van der Waals surface area contributed by atoms with Gasteiger partial charge in [0, 0.05) is 55.4 Å². The molecule has 2 aliphatic rings. The minimum atomic E-state index is 0.153. The van der Waals surface area contributed by atoms with Gasteiger partial charge in [-0.15, -0.1) is 11.3 Å². The molecule has 2 atom stereocenters. The molecule has 132 valence electrons. The summed E-state index contributed by atoms with van der Waals surface area (Å²) in [5, 5.41) is 2.13. The van der Waals surface area contributed by atoms with E-state index in [4.69, 9.17) is 4.74 Å². The van der Waals surface area contributed by atoms with Crippen molar-refractivity contribution >= 4 is 17.2 Å². The molecule has 0 N–H and O–H groups in total. The van der Waals surface area contributed by atoms with Crippen LogP contribution in [0, 0.1) is 5.92 Å². The number of nitrogens with zero attached hydrogens (tertiary/aromatic N) is 3. The molecule has 4 rings (SSSR count). The molecule has 2 aromatic rings. The highest BCUT2D eigenvalue weighted by atomic mass is 32.1. The maximum atomic E-state index is 12.6. The van der Waals surface area contributed by atoms with E-state index in [2.05, 4.69) is 27.4 Å². The molecule has 1 amide bonds. The van der Waals surface area contributed by atoms with Crippen molar-refractivity contribution in [3.63, 3.8) is 0 Å². The van der Waals surface area contributed by atoms with Crippen LogP contribution in [0.3, 0.4) is 0 Å². The van der Waals surface area contributed by atoms with Crippen molar-refractivity contribution in [2.75, 3.05) is 32.8 Å². The Kier molecular flexibility index (Phi) is 5.10. The molecule has 0 unspecified atom stereocenters. The van der Waals surface area contributed by atoms with Crippen LogP contribution in [0.15, 0.2) is 41.9 Å². The van der Waals surface area contributed by atoms with E-state index in [-0.39, 0.29) is 12.0 Å². The van der Waals surface area contributed by atoms with Crippen LogP contribution in [0.4, 0.5) is 0 Å². The SMILES string of the molecule is O=C(Cc1ccccn1)N1C[C@H]2CN(Cc3cccs3)CCO[C@H]2C1. The lowest BCUT2D eigenvalue weighted by atomic mass is 10.1. The zero-order chi connectivity index (χ0) is 17.1. The predicted molar refractivity (Wildman–Crippen MR) is 97.3 cm³/mol. The molecule has 0 spiro atoms. The molecule has 6 heteroatoms. The average Bonchev–Trinajstić information content (AvgIpc) is 3.22. The van der Waals surface area contributed by atoms with Crippen LogP contribution >= 0.6 is 11.3 Å². The monoisotopic (exact) mass is 357 g/mol. The highest BCUT2D eigenvalue weighted by Crippen LogP contribution is 2.25. The van der Waals surface area contributed by atoms with Crippen LogP contribution in [0.1, 0.15) is 10.6 Å². The summed E-state index contributed by atoms with van der Waals surface area (Å²) in [5.74, 6) is 0.551. The van der Waals surface area contributed by atoms with Gasteiger partial charge in [-0.1, -0.05) is 12.1 Å². The Morgan fingerprint density at radius 1 is 1.24 bits per heavy atom. The van der Waals surface area contributed by atoms with Crippen LogP contribution < -0.4 is 0 Å². The third-order valence-electron chi connectivity index (χ3n) is 4.98. The molecule has 4 heterocycles. The van der Waals surface area contributed by atoms with Crippen LogP contribution in [-0.2, 0) is 22.5 Å². The van der Waals surface area contributed by atoms with Gasteiger partial charge in [-0.3, -0.25) is 14.7 Å². The largest absolute Gasteiger partial charge is 0.375 e. The van der Waals surface area contributed by atoms with Gasteiger partial charge in [-0.25, -0.2) is 0 Å². The van der Waals surface area contributed by atoms with Gasteiger partial charge in [0.05, 0.1) is 19.1 Å². The zero-order valence-electron chi connectivity index (χ0n) is 14.2. The summed E-state index contributed by atoms with van der Waals surface area (Å²) < 4.78 is 6.06. The van der Waals surface area contributed by atoms with Crippen LogP contribution in [0.2, 0.25) is 0 Å². The zero-order valence-corrected chi connectivity index (χ0v) is 15.0. The first-order valence-corrected chi connectivity index (χ1v) is 9.70. The van der Waals surface area contributed by atoms with Gasteiger partial charge in [-0.2, -0.15) is 0 Å². The fourth-order valence-corrected chi connectivity index (χ4v) is 4.45. The van der Waals surface area contributed by atoms with Crippen molar-refractivity contribution in [1.29, 1.82) is 0 Å². The van der Waals surface area contributed by atoms with Crippen molar-refractivity contribution in [3.05, 3.63) is 52.5 Å². The molecule has 0 saturated carbocycles. The van der Waals surface area contributed by atoms with E-state index >= 15 is 0 Å². The van der Waals surface area contributed by atoms with Crippen LogP contribution in [0.5, 0.6) is 0 Å². The molecule has 0 aromatic carbocycles. The second-order valence-electron chi connectivity index (χ2n) is 6.78. The minimum absolute atomic E-state index is 0.153. The van der Waals surface area contributed by atoms with Gasteiger partial charge in [0.15, 0.2) is 0 Å². The lowest BCUT2D eigenvalue weighted by Gasteiger charge is -2.22. The van der Waals surface area contributed by atoms with Crippen molar-refractivity contribution in [3.8, 4) is 0 Å². The van der Waals surface area contributed by atoms with Crippen molar-refractivity contribution in [2.24, 2.45) is 5.92 Å². The number of carbonyl (C=O) groups excluding carboxylic acids is 1. The van der Waals surface area contributed by atoms with Gasteiger partial charge in [0.1, 0.15) is 0 Å². The van der Waals surface area contributed by atoms with E-state index in [1.54, 1.807) is 17.5 Å². The van der Waals surface area contributed by atoms with E-state index in [1.807, 2.05) is 23.1 Å². The summed E-state index contributed by atoms with van der Waals surface area (Å²) in [7, 11) is 0. The second kappa shape index (κ2) is 7.64. The van der Waals surface area contributed by atoms with E-state index in [0.29, 0.717) is 18.9 Å². The summed E-state index contributed by atoms with van der Waals surface area (Å²) in [6.45, 7) is 5.18. The number of hydrogen-bond acceptors (Lipinski definition) is 5. The molecule has 0 bridgehead atoms. The molecule has 0 radical (unpaired) electrons.